The van der Waals surface area contributed by atoms with Gasteiger partial charge in [0.1, 0.15) is 0 Å². The van der Waals surface area contributed by atoms with Crippen LogP contribution < -0.4 is 5.34 Å². The molecule has 0 aromatic rings. The van der Waals surface area contributed by atoms with Crippen LogP contribution in [0.5, 0.6) is 0 Å². The Bertz CT molecular complexity index is 101. The van der Waals surface area contributed by atoms with Gasteiger partial charge >= 0.3 is 22.4 Å². The first-order chi connectivity index (χ1) is 4.88. The van der Waals surface area contributed by atoms with Crippen molar-refractivity contribution in [2.75, 3.05) is 0 Å². The normalized spacial score (nSPS) is 5.00. The standard InChI is InChI=1S/Cu.2NO3.NO2/c;2*2-1(3)4;2-1-3/q+2;2*-1;. The molecule has 0 aromatic heterocycles. The molecule has 0 saturated heterocycles. The summed E-state index contributed by atoms with van der Waals surface area (Å²) in [5.41, 5.74) is 0. The van der Waals surface area contributed by atoms with Gasteiger partial charge in [0.2, 0.25) is 0 Å². The molecule has 12 heteroatoms. The third kappa shape index (κ3) is 158. The molecule has 0 fully saturated rings. The maximum Gasteiger partial charge on any atom is 2.00 e. The van der Waals surface area contributed by atoms with Crippen LogP contribution in [0, 0.1) is 40.8 Å². The average molecular weight is 234 g/mol. The Hall–Kier alpha value is -1.68. The van der Waals surface area contributed by atoms with Crippen molar-refractivity contribution in [2.24, 2.45) is 0 Å². The van der Waals surface area contributed by atoms with E-state index in [9.17, 15) is 0 Å². The molecule has 0 amide bonds. The molecular weight excluding hydrogens is 234 g/mol. The van der Waals surface area contributed by atoms with Crippen molar-refractivity contribution in [2.45, 2.75) is 0 Å². The predicted molar refractivity (Wildman–Crippen MR) is 29.6 cm³/mol. The second-order valence-electron chi connectivity index (χ2n) is 0.522. The molecule has 11 nitrogen and oxygen atoms in total. The minimum atomic E-state index is -1.75. The SMILES string of the molecule is O=[N+]([O-])[O-].O=[N+]([O-])[O-].O=[N+][O-].[Cu+2]. The molecule has 0 aliphatic carbocycles. The van der Waals surface area contributed by atoms with Gasteiger partial charge in [-0.15, -0.1) is 0 Å². The van der Waals surface area contributed by atoms with Gasteiger partial charge in [0.25, 0.3) is 0 Å². The number of nitrogens with zero attached hydrogens (tertiary/aromatic N) is 3. The van der Waals surface area contributed by atoms with Gasteiger partial charge in [-0.3, -0.25) is 0 Å². The molecule has 12 heavy (non-hydrogen) atoms. The minimum absolute atomic E-state index is 0. The number of hydrogen-bond donors (Lipinski definition) is 0. The van der Waals surface area contributed by atoms with Gasteiger partial charge in [0, 0.05) is 0 Å². The fourth-order valence-corrected chi connectivity index (χ4v) is 0. The molecule has 0 rings (SSSR count). The summed E-state index contributed by atoms with van der Waals surface area (Å²) in [6.45, 7) is 0. The monoisotopic (exact) mass is 233 g/mol. The van der Waals surface area contributed by atoms with Gasteiger partial charge in [-0.25, -0.2) is 0 Å². The predicted octanol–water partition coefficient (Wildman–Crippen LogP) is -0.894. The molecule has 0 bridgehead atoms. The molecular formula is CuN3O8. The third-order valence-electron chi connectivity index (χ3n) is 0. The zero-order chi connectivity index (χ0) is 9.86. The van der Waals surface area contributed by atoms with E-state index in [-0.39, 0.29) is 17.1 Å². The Morgan fingerprint density at radius 2 is 0.917 bits per heavy atom. The molecule has 0 aromatic carbocycles. The van der Waals surface area contributed by atoms with E-state index >= 15 is 0 Å². The Kier molecular flexibility index (Phi) is 42.6. The summed E-state index contributed by atoms with van der Waals surface area (Å²) in [6, 6.07) is 0. The summed E-state index contributed by atoms with van der Waals surface area (Å²) in [5.74, 6) is 0. The number of hydrogen-bond acceptors (Lipinski definition) is 9. The van der Waals surface area contributed by atoms with Crippen LogP contribution in [0.25, 0.3) is 0 Å². The Morgan fingerprint density at radius 3 is 0.917 bits per heavy atom. The minimum Gasteiger partial charge on any atom is -0.356 e. The van der Waals surface area contributed by atoms with Crippen LogP contribution >= 0.6 is 0 Å². The van der Waals surface area contributed by atoms with Gasteiger partial charge in [0.05, 0.1) is 10.2 Å². The van der Waals surface area contributed by atoms with Gasteiger partial charge in [-0.2, -0.15) is 10.1 Å². The van der Waals surface area contributed by atoms with E-state index < -0.39 is 10.2 Å². The molecule has 0 aliphatic rings. The van der Waals surface area contributed by atoms with Crippen molar-refractivity contribution in [3.63, 3.8) is 0 Å². The number of rotatable bonds is 0. The fraction of sp³-hybridized carbons (Fsp3) is 0. The van der Waals surface area contributed by atoms with E-state index in [0.717, 1.165) is 5.34 Å². The molecule has 0 aliphatic heterocycles. The largest absolute Gasteiger partial charge is 2.00 e. The molecule has 0 heterocycles. The molecule has 0 unspecified atom stereocenters. The summed E-state index contributed by atoms with van der Waals surface area (Å²) in [6.07, 6.45) is 0. The zero-order valence-corrected chi connectivity index (χ0v) is 5.85. The van der Waals surface area contributed by atoms with Crippen LogP contribution in [-0.2, 0) is 17.1 Å². The van der Waals surface area contributed by atoms with Crippen molar-refractivity contribution in [3.05, 3.63) is 40.8 Å². The summed E-state index contributed by atoms with van der Waals surface area (Å²) >= 11 is 0. The van der Waals surface area contributed by atoms with E-state index in [1.165, 1.54) is 0 Å². The topological polar surface area (TPSA) is 187 Å². The summed E-state index contributed by atoms with van der Waals surface area (Å²) in [7, 11) is 0. The van der Waals surface area contributed by atoms with Crippen molar-refractivity contribution in [1.29, 1.82) is 0 Å². The van der Waals surface area contributed by atoms with E-state index in [4.69, 9.17) is 40.8 Å². The Morgan fingerprint density at radius 1 is 0.917 bits per heavy atom. The second kappa shape index (κ2) is 22.8. The molecule has 0 atom stereocenters. The first-order valence-electron chi connectivity index (χ1n) is 1.46. The fourth-order valence-electron chi connectivity index (χ4n) is 0. The zero-order valence-electron chi connectivity index (χ0n) is 4.91. The molecule has 0 saturated carbocycles. The van der Waals surface area contributed by atoms with Crippen LogP contribution in [-0.4, -0.2) is 10.2 Å². The van der Waals surface area contributed by atoms with Crippen LogP contribution in [0.15, 0.2) is 0 Å². The molecule has 2 radical (unpaired) electrons. The molecule has 0 N–H and O–H groups in total. The van der Waals surface area contributed by atoms with Crippen molar-refractivity contribution >= 4 is 0 Å². The summed E-state index contributed by atoms with van der Waals surface area (Å²) in [5, 5.41) is 38.5. The van der Waals surface area contributed by atoms with Crippen LogP contribution in [0.1, 0.15) is 0 Å². The van der Waals surface area contributed by atoms with Crippen LogP contribution in [0.3, 0.4) is 0 Å². The average Bonchev–Trinajstić information content (AvgIpc) is 1.60. The van der Waals surface area contributed by atoms with E-state index in [1.807, 2.05) is 0 Å². The first-order valence-corrected chi connectivity index (χ1v) is 1.46. The van der Waals surface area contributed by atoms with E-state index in [1.54, 1.807) is 0 Å². The maximum atomic E-state index is 8.25. The van der Waals surface area contributed by atoms with Gasteiger partial charge < -0.3 is 30.6 Å². The Labute approximate surface area is 74.2 Å². The molecule has 0 spiro atoms. The van der Waals surface area contributed by atoms with Gasteiger partial charge in [0.15, 0.2) is 0 Å². The van der Waals surface area contributed by atoms with Gasteiger partial charge in [-0.05, 0) is 0 Å². The first kappa shape index (κ1) is 22.4. The van der Waals surface area contributed by atoms with Crippen molar-refractivity contribution in [3.8, 4) is 0 Å². The van der Waals surface area contributed by atoms with Gasteiger partial charge in [-0.1, -0.05) is 0 Å². The van der Waals surface area contributed by atoms with Crippen molar-refractivity contribution in [1.82, 2.24) is 5.34 Å². The van der Waals surface area contributed by atoms with Crippen LogP contribution in [0.2, 0.25) is 0 Å². The van der Waals surface area contributed by atoms with Crippen molar-refractivity contribution < 1.29 is 27.2 Å². The summed E-state index contributed by atoms with van der Waals surface area (Å²) in [4.78, 5) is 24.5. The smallest absolute Gasteiger partial charge is 0.356 e. The Balaban J connectivity index is -0.0000000389. The van der Waals surface area contributed by atoms with E-state index in [2.05, 4.69) is 0 Å². The quantitative estimate of drug-likeness (QED) is 0.292. The maximum absolute atomic E-state index is 8.25. The third-order valence-corrected chi connectivity index (χ3v) is 0. The summed E-state index contributed by atoms with van der Waals surface area (Å²) < 4.78 is 0. The molecule has 74 valence electrons. The second-order valence-corrected chi connectivity index (χ2v) is 0.522. The van der Waals surface area contributed by atoms with E-state index in [0.29, 0.717) is 0 Å². The van der Waals surface area contributed by atoms with Crippen LogP contribution in [0.4, 0.5) is 0 Å².